The number of aliphatic imine (C=N–C) groups is 1. The molecular formula is C14H18N2. The lowest BCUT2D eigenvalue weighted by atomic mass is 10.1. The highest BCUT2D eigenvalue weighted by atomic mass is 15.2. The Balaban J connectivity index is 2.15. The number of nitrogens with zero attached hydrogens (tertiary/aromatic N) is 2. The van der Waals surface area contributed by atoms with Crippen LogP contribution in [0.1, 0.15) is 17.5 Å². The van der Waals surface area contributed by atoms with Crippen molar-refractivity contribution in [1.82, 2.24) is 4.90 Å². The summed E-state index contributed by atoms with van der Waals surface area (Å²) in [5.41, 5.74) is 2.57. The largest absolute Gasteiger partial charge is 0.360 e. The molecule has 2 rings (SSSR count). The summed E-state index contributed by atoms with van der Waals surface area (Å²) in [6.45, 7) is 4.20. The van der Waals surface area contributed by atoms with Crippen molar-refractivity contribution in [2.45, 2.75) is 13.3 Å². The van der Waals surface area contributed by atoms with Crippen molar-refractivity contribution in [2.75, 3.05) is 20.1 Å². The number of rotatable bonds is 2. The molecule has 0 amide bonds. The molecule has 0 bridgehead atoms. The molecule has 0 saturated carbocycles. The van der Waals surface area contributed by atoms with Crippen LogP contribution in [0.3, 0.4) is 0 Å². The summed E-state index contributed by atoms with van der Waals surface area (Å²) in [6, 6.07) is 8.40. The maximum atomic E-state index is 4.51. The van der Waals surface area contributed by atoms with Gasteiger partial charge in [0.15, 0.2) is 0 Å². The maximum Gasteiger partial charge on any atom is 0.123 e. The van der Waals surface area contributed by atoms with Gasteiger partial charge in [-0.05, 0) is 30.5 Å². The first-order valence-electron chi connectivity index (χ1n) is 5.76. The van der Waals surface area contributed by atoms with Crippen LogP contribution in [0, 0.1) is 6.92 Å². The predicted molar refractivity (Wildman–Crippen MR) is 69.8 cm³/mol. The summed E-state index contributed by atoms with van der Waals surface area (Å²) < 4.78 is 0. The molecule has 1 aliphatic rings. The number of likely N-dealkylation sites (N-methyl/N-ethyl adjacent to an activating group) is 1. The van der Waals surface area contributed by atoms with E-state index in [-0.39, 0.29) is 0 Å². The molecule has 16 heavy (non-hydrogen) atoms. The topological polar surface area (TPSA) is 15.6 Å². The van der Waals surface area contributed by atoms with Crippen molar-refractivity contribution < 1.29 is 0 Å². The number of hydrogen-bond acceptors (Lipinski definition) is 2. The number of hydrogen-bond donors (Lipinski definition) is 0. The van der Waals surface area contributed by atoms with Gasteiger partial charge in [0.25, 0.3) is 0 Å². The van der Waals surface area contributed by atoms with Crippen LogP contribution in [0.15, 0.2) is 35.3 Å². The lowest BCUT2D eigenvalue weighted by Gasteiger charge is -2.22. The Morgan fingerprint density at radius 3 is 2.81 bits per heavy atom. The molecular weight excluding hydrogens is 196 g/mol. The van der Waals surface area contributed by atoms with Crippen molar-refractivity contribution in [3.63, 3.8) is 0 Å². The third-order valence-electron chi connectivity index (χ3n) is 2.92. The Hall–Kier alpha value is -1.57. The van der Waals surface area contributed by atoms with Crippen LogP contribution in [0.4, 0.5) is 0 Å². The Bertz CT molecular complexity index is 418. The van der Waals surface area contributed by atoms with Gasteiger partial charge in [0.2, 0.25) is 0 Å². The summed E-state index contributed by atoms with van der Waals surface area (Å²) in [5.74, 6) is 1.09. The minimum atomic E-state index is 0.956. The Labute approximate surface area is 97.3 Å². The molecule has 0 saturated heterocycles. The van der Waals surface area contributed by atoms with E-state index in [1.807, 2.05) is 0 Å². The van der Waals surface area contributed by atoms with Gasteiger partial charge in [-0.3, -0.25) is 4.99 Å². The van der Waals surface area contributed by atoms with E-state index < -0.39 is 0 Å². The fraction of sp³-hybridized carbons (Fsp3) is 0.357. The molecule has 1 aromatic carbocycles. The number of aryl methyl sites for hydroxylation is 1. The van der Waals surface area contributed by atoms with Crippen LogP contribution in [-0.4, -0.2) is 30.9 Å². The molecule has 0 unspecified atom stereocenters. The molecule has 0 fully saturated rings. The average molecular weight is 214 g/mol. The van der Waals surface area contributed by atoms with E-state index in [4.69, 9.17) is 0 Å². The first-order valence-corrected chi connectivity index (χ1v) is 5.76. The molecule has 0 spiro atoms. The van der Waals surface area contributed by atoms with E-state index >= 15 is 0 Å². The van der Waals surface area contributed by atoms with Gasteiger partial charge in [-0.1, -0.05) is 30.3 Å². The zero-order chi connectivity index (χ0) is 11.4. The van der Waals surface area contributed by atoms with Gasteiger partial charge in [-0.2, -0.15) is 0 Å². The van der Waals surface area contributed by atoms with Crippen LogP contribution >= 0.6 is 0 Å². The van der Waals surface area contributed by atoms with Crippen molar-refractivity contribution in [3.8, 4) is 0 Å². The molecule has 0 atom stereocenters. The van der Waals surface area contributed by atoms with E-state index in [9.17, 15) is 0 Å². The second-order valence-electron chi connectivity index (χ2n) is 4.20. The molecule has 1 heterocycles. The minimum absolute atomic E-state index is 0.956. The van der Waals surface area contributed by atoms with Crippen LogP contribution in [-0.2, 0) is 0 Å². The molecule has 0 radical (unpaired) electrons. The smallest absolute Gasteiger partial charge is 0.123 e. The first-order chi connectivity index (χ1) is 7.77. The highest BCUT2D eigenvalue weighted by Crippen LogP contribution is 2.10. The summed E-state index contributed by atoms with van der Waals surface area (Å²) in [4.78, 5) is 6.72. The van der Waals surface area contributed by atoms with Crippen LogP contribution < -0.4 is 0 Å². The van der Waals surface area contributed by atoms with E-state index in [2.05, 4.69) is 60.3 Å². The van der Waals surface area contributed by atoms with Crippen LogP contribution in [0.25, 0.3) is 6.08 Å². The molecule has 0 aromatic heterocycles. The third-order valence-corrected chi connectivity index (χ3v) is 2.92. The highest BCUT2D eigenvalue weighted by molar-refractivity contribution is 5.96. The van der Waals surface area contributed by atoms with Crippen molar-refractivity contribution in [3.05, 3.63) is 41.5 Å². The minimum Gasteiger partial charge on any atom is -0.360 e. The molecule has 0 N–H and O–H groups in total. The second kappa shape index (κ2) is 4.97. The summed E-state index contributed by atoms with van der Waals surface area (Å²) in [6.07, 6.45) is 5.43. The quantitative estimate of drug-likeness (QED) is 0.739. The van der Waals surface area contributed by atoms with E-state index in [1.165, 1.54) is 11.1 Å². The Morgan fingerprint density at radius 1 is 1.25 bits per heavy atom. The molecule has 84 valence electrons. The van der Waals surface area contributed by atoms with Gasteiger partial charge in [-0.25, -0.2) is 0 Å². The van der Waals surface area contributed by atoms with Crippen molar-refractivity contribution in [2.24, 2.45) is 4.99 Å². The van der Waals surface area contributed by atoms with Gasteiger partial charge in [0, 0.05) is 20.1 Å². The first kappa shape index (κ1) is 10.9. The fourth-order valence-electron chi connectivity index (χ4n) is 1.85. The van der Waals surface area contributed by atoms with Gasteiger partial charge < -0.3 is 4.90 Å². The van der Waals surface area contributed by atoms with Crippen LogP contribution in [0.2, 0.25) is 0 Å². The normalized spacial score (nSPS) is 16.6. The molecule has 0 aliphatic carbocycles. The zero-order valence-corrected chi connectivity index (χ0v) is 9.98. The van der Waals surface area contributed by atoms with Gasteiger partial charge in [0.1, 0.15) is 5.84 Å². The monoisotopic (exact) mass is 214 g/mol. The van der Waals surface area contributed by atoms with Gasteiger partial charge >= 0.3 is 0 Å². The summed E-state index contributed by atoms with van der Waals surface area (Å²) in [7, 11) is 2.10. The molecule has 1 aliphatic heterocycles. The molecule has 2 nitrogen and oxygen atoms in total. The number of amidine groups is 1. The van der Waals surface area contributed by atoms with Crippen LogP contribution in [0.5, 0.6) is 0 Å². The van der Waals surface area contributed by atoms with Crippen molar-refractivity contribution >= 4 is 11.9 Å². The number of benzene rings is 1. The second-order valence-corrected chi connectivity index (χ2v) is 4.20. The van der Waals surface area contributed by atoms with Crippen molar-refractivity contribution in [1.29, 1.82) is 0 Å². The SMILES string of the molecule is Cc1ccccc1/C=C/C1=NCCCN1C. The van der Waals surface area contributed by atoms with Gasteiger partial charge in [-0.15, -0.1) is 0 Å². The highest BCUT2D eigenvalue weighted by Gasteiger charge is 2.06. The third kappa shape index (κ3) is 2.51. The fourth-order valence-corrected chi connectivity index (χ4v) is 1.85. The van der Waals surface area contributed by atoms with E-state index in [1.54, 1.807) is 0 Å². The maximum absolute atomic E-state index is 4.51. The average Bonchev–Trinajstić information content (AvgIpc) is 2.30. The lowest BCUT2D eigenvalue weighted by Crippen LogP contribution is -2.30. The standard InChI is InChI=1S/C14H18N2/c1-12-6-3-4-7-13(12)8-9-14-15-10-5-11-16(14)2/h3-4,6-9H,5,10-11H2,1-2H3/b9-8+. The summed E-state index contributed by atoms with van der Waals surface area (Å²) >= 11 is 0. The summed E-state index contributed by atoms with van der Waals surface area (Å²) in [5, 5.41) is 0. The predicted octanol–water partition coefficient (Wildman–Crippen LogP) is 2.74. The Morgan fingerprint density at radius 2 is 2.06 bits per heavy atom. The Kier molecular flexibility index (Phi) is 3.40. The molecule has 2 heteroatoms. The zero-order valence-electron chi connectivity index (χ0n) is 9.98. The van der Waals surface area contributed by atoms with E-state index in [0.29, 0.717) is 0 Å². The molecule has 1 aromatic rings. The van der Waals surface area contributed by atoms with E-state index in [0.717, 1.165) is 25.3 Å². The lowest BCUT2D eigenvalue weighted by molar-refractivity contribution is 0.470. The van der Waals surface area contributed by atoms with Gasteiger partial charge in [0.05, 0.1) is 0 Å².